The molecule has 2 fully saturated rings. The Morgan fingerprint density at radius 2 is 2.03 bits per heavy atom. The van der Waals surface area contributed by atoms with Gasteiger partial charge in [0.2, 0.25) is 11.8 Å². The predicted octanol–water partition coefficient (Wildman–Crippen LogP) is 1.96. The number of piperazine rings is 1. The van der Waals surface area contributed by atoms with Gasteiger partial charge in [0, 0.05) is 19.2 Å². The zero-order valence-corrected chi connectivity index (χ0v) is 21.0. The Morgan fingerprint density at radius 1 is 1.29 bits per heavy atom. The molecule has 3 heterocycles. The maximum atomic E-state index is 12.8. The third-order valence-electron chi connectivity index (χ3n) is 6.07. The minimum absolute atomic E-state index is 0.0136. The molecule has 34 heavy (non-hydrogen) atoms. The van der Waals surface area contributed by atoms with Crippen LogP contribution in [0.15, 0.2) is 5.70 Å². The Morgan fingerprint density at radius 3 is 2.65 bits per heavy atom. The van der Waals surface area contributed by atoms with Crippen molar-refractivity contribution in [1.82, 2.24) is 25.1 Å². The SMILES string of the molecule is CCC(c1nc(/C=C2\NC(=O)CN(C(C)=O)C2=O)c(C(C)C)[nH]1)N1CCOCC1COC(C)C. The number of hydrogen-bond donors (Lipinski definition) is 2. The van der Waals surface area contributed by atoms with Gasteiger partial charge in [-0.05, 0) is 32.3 Å². The van der Waals surface area contributed by atoms with Crippen LogP contribution in [-0.4, -0.2) is 82.5 Å². The van der Waals surface area contributed by atoms with Crippen molar-refractivity contribution < 1.29 is 23.9 Å². The molecule has 0 radical (unpaired) electrons. The van der Waals surface area contributed by atoms with E-state index in [1.165, 1.54) is 6.92 Å². The third-order valence-corrected chi connectivity index (χ3v) is 6.07. The van der Waals surface area contributed by atoms with Crippen LogP contribution in [0.5, 0.6) is 0 Å². The summed E-state index contributed by atoms with van der Waals surface area (Å²) in [6, 6.07) is 0.124. The highest BCUT2D eigenvalue weighted by Crippen LogP contribution is 2.30. The fourth-order valence-electron chi connectivity index (χ4n) is 4.33. The van der Waals surface area contributed by atoms with Crippen LogP contribution in [0.25, 0.3) is 6.08 Å². The van der Waals surface area contributed by atoms with Crippen LogP contribution in [0.3, 0.4) is 0 Å². The fourth-order valence-corrected chi connectivity index (χ4v) is 4.33. The Balaban J connectivity index is 1.94. The number of amides is 3. The summed E-state index contributed by atoms with van der Waals surface area (Å²) in [6.07, 6.45) is 2.53. The molecule has 2 atom stereocenters. The number of ether oxygens (including phenoxy) is 2. The van der Waals surface area contributed by atoms with Crippen molar-refractivity contribution in [3.63, 3.8) is 0 Å². The molecule has 10 nitrogen and oxygen atoms in total. The van der Waals surface area contributed by atoms with Gasteiger partial charge in [-0.2, -0.15) is 0 Å². The molecule has 2 aliphatic heterocycles. The normalized spacial score (nSPS) is 22.1. The molecule has 188 valence electrons. The molecule has 3 rings (SSSR count). The lowest BCUT2D eigenvalue weighted by molar-refractivity contribution is -0.147. The number of hydrogen-bond acceptors (Lipinski definition) is 7. The van der Waals surface area contributed by atoms with E-state index in [1.807, 2.05) is 27.7 Å². The summed E-state index contributed by atoms with van der Waals surface area (Å²) in [4.78, 5) is 48.3. The lowest BCUT2D eigenvalue weighted by Crippen LogP contribution is -2.51. The minimum Gasteiger partial charge on any atom is -0.378 e. The van der Waals surface area contributed by atoms with E-state index in [4.69, 9.17) is 14.5 Å². The molecule has 0 spiro atoms. The highest BCUT2D eigenvalue weighted by molar-refractivity contribution is 6.12. The molecule has 0 saturated carbocycles. The second-order valence-electron chi connectivity index (χ2n) is 9.36. The van der Waals surface area contributed by atoms with Crippen molar-refractivity contribution in [2.24, 2.45) is 0 Å². The molecule has 1 aromatic rings. The molecular formula is C24H37N5O5. The number of H-pyrrole nitrogens is 1. The standard InChI is InChI=1S/C24H37N5O5/c1-7-20(28-8-9-33-12-17(28)13-34-15(4)5)23-26-18(22(27-23)14(2)3)10-19-24(32)29(16(6)30)11-21(31)25-19/h10,14-15,17,20H,7-9,11-13H2,1-6H3,(H,25,31)(H,26,27)/b19-10-. The number of morpholine rings is 1. The van der Waals surface area contributed by atoms with E-state index >= 15 is 0 Å². The van der Waals surface area contributed by atoms with Gasteiger partial charge in [-0.15, -0.1) is 0 Å². The molecule has 2 saturated heterocycles. The van der Waals surface area contributed by atoms with Crippen molar-refractivity contribution in [3.05, 3.63) is 22.9 Å². The summed E-state index contributed by atoms with van der Waals surface area (Å²) in [5, 5.41) is 2.60. The van der Waals surface area contributed by atoms with E-state index in [2.05, 4.69) is 22.1 Å². The number of imide groups is 1. The van der Waals surface area contributed by atoms with Crippen LogP contribution in [0.2, 0.25) is 0 Å². The van der Waals surface area contributed by atoms with Gasteiger partial charge in [0.15, 0.2) is 0 Å². The molecule has 1 aromatic heterocycles. The molecule has 10 heteroatoms. The number of rotatable bonds is 8. The zero-order chi connectivity index (χ0) is 25.0. The van der Waals surface area contributed by atoms with Crippen molar-refractivity contribution in [3.8, 4) is 0 Å². The van der Waals surface area contributed by atoms with Crippen molar-refractivity contribution in [2.75, 3.05) is 32.9 Å². The second kappa shape index (κ2) is 11.2. The third kappa shape index (κ3) is 5.92. The van der Waals surface area contributed by atoms with Crippen LogP contribution < -0.4 is 5.32 Å². The van der Waals surface area contributed by atoms with Crippen LogP contribution >= 0.6 is 0 Å². The van der Waals surface area contributed by atoms with E-state index in [9.17, 15) is 14.4 Å². The number of carbonyl (C=O) groups is 3. The smallest absolute Gasteiger partial charge is 0.277 e. The Bertz CT molecular complexity index is 938. The number of aromatic nitrogens is 2. The van der Waals surface area contributed by atoms with Gasteiger partial charge in [0.25, 0.3) is 5.91 Å². The van der Waals surface area contributed by atoms with Crippen LogP contribution in [0.4, 0.5) is 0 Å². The van der Waals surface area contributed by atoms with Crippen molar-refractivity contribution in [2.45, 2.75) is 72.1 Å². The lowest BCUT2D eigenvalue weighted by Gasteiger charge is -2.40. The van der Waals surface area contributed by atoms with E-state index < -0.39 is 17.7 Å². The Hall–Kier alpha value is -2.56. The average Bonchev–Trinajstić information content (AvgIpc) is 3.19. The predicted molar refractivity (Wildman–Crippen MR) is 127 cm³/mol. The number of nitrogens with one attached hydrogen (secondary N) is 2. The average molecular weight is 476 g/mol. The highest BCUT2D eigenvalue weighted by atomic mass is 16.5. The van der Waals surface area contributed by atoms with Gasteiger partial charge in [0.05, 0.1) is 43.7 Å². The van der Waals surface area contributed by atoms with Gasteiger partial charge in [0.1, 0.15) is 18.1 Å². The molecule has 0 aromatic carbocycles. The van der Waals surface area contributed by atoms with Gasteiger partial charge in [-0.3, -0.25) is 24.2 Å². The summed E-state index contributed by atoms with van der Waals surface area (Å²) >= 11 is 0. The van der Waals surface area contributed by atoms with Crippen LogP contribution in [0, 0.1) is 0 Å². The highest BCUT2D eigenvalue weighted by Gasteiger charge is 2.34. The maximum Gasteiger partial charge on any atom is 0.277 e. The Labute approximate surface area is 201 Å². The van der Waals surface area contributed by atoms with Gasteiger partial charge in [-0.1, -0.05) is 20.8 Å². The first-order chi connectivity index (χ1) is 16.1. The Kier molecular flexibility index (Phi) is 8.62. The van der Waals surface area contributed by atoms with E-state index in [0.717, 1.165) is 29.4 Å². The molecule has 0 aliphatic carbocycles. The van der Waals surface area contributed by atoms with Gasteiger partial charge < -0.3 is 19.8 Å². The summed E-state index contributed by atoms with van der Waals surface area (Å²) in [7, 11) is 0. The second-order valence-corrected chi connectivity index (χ2v) is 9.36. The first kappa shape index (κ1) is 26.1. The molecule has 3 amide bonds. The van der Waals surface area contributed by atoms with Crippen molar-refractivity contribution in [1.29, 1.82) is 0 Å². The summed E-state index contributed by atoms with van der Waals surface area (Å²) < 4.78 is 11.6. The minimum atomic E-state index is -0.530. The number of carbonyl (C=O) groups excluding carboxylic acids is 3. The molecule has 2 aliphatic rings. The van der Waals surface area contributed by atoms with Crippen molar-refractivity contribution >= 4 is 23.8 Å². The quantitative estimate of drug-likeness (QED) is 0.552. The molecular weight excluding hydrogens is 438 g/mol. The topological polar surface area (TPSA) is 117 Å². The maximum absolute atomic E-state index is 12.8. The monoisotopic (exact) mass is 475 g/mol. The molecule has 2 unspecified atom stereocenters. The number of nitrogens with zero attached hydrogens (tertiary/aromatic N) is 3. The van der Waals surface area contributed by atoms with E-state index in [-0.39, 0.29) is 36.3 Å². The lowest BCUT2D eigenvalue weighted by atomic mass is 10.1. The summed E-state index contributed by atoms with van der Waals surface area (Å²) in [5.41, 5.74) is 1.50. The molecule has 2 N–H and O–H groups in total. The van der Waals surface area contributed by atoms with Gasteiger partial charge >= 0.3 is 0 Å². The van der Waals surface area contributed by atoms with E-state index in [0.29, 0.717) is 25.5 Å². The number of aromatic amines is 1. The summed E-state index contributed by atoms with van der Waals surface area (Å²) in [6.45, 7) is 13.8. The number of imidazole rings is 1. The molecule has 0 bridgehead atoms. The van der Waals surface area contributed by atoms with E-state index in [1.54, 1.807) is 6.08 Å². The largest absolute Gasteiger partial charge is 0.378 e. The zero-order valence-electron chi connectivity index (χ0n) is 21.0. The van der Waals surface area contributed by atoms with Crippen LogP contribution in [0.1, 0.15) is 77.1 Å². The van der Waals surface area contributed by atoms with Gasteiger partial charge in [-0.25, -0.2) is 4.98 Å². The summed E-state index contributed by atoms with van der Waals surface area (Å²) in [5.74, 6) is -0.500. The van der Waals surface area contributed by atoms with Crippen LogP contribution in [-0.2, 0) is 23.9 Å². The first-order valence-corrected chi connectivity index (χ1v) is 12.0. The fraction of sp³-hybridized carbons (Fsp3) is 0.667. The first-order valence-electron chi connectivity index (χ1n) is 12.0.